The molecule has 1 aromatic rings. The summed E-state index contributed by atoms with van der Waals surface area (Å²) in [7, 11) is 0. The molecule has 0 amide bonds. The third-order valence-electron chi connectivity index (χ3n) is 4.48. The Hall–Kier alpha value is -1.44. The van der Waals surface area contributed by atoms with Crippen LogP contribution < -0.4 is 10.6 Å². The van der Waals surface area contributed by atoms with E-state index in [9.17, 15) is 4.39 Å². The lowest BCUT2D eigenvalue weighted by molar-refractivity contribution is -0.00834. The summed E-state index contributed by atoms with van der Waals surface area (Å²) in [6.45, 7) is 11.3. The number of guanidine groups is 1. The molecule has 1 aliphatic heterocycles. The van der Waals surface area contributed by atoms with Crippen molar-refractivity contribution >= 4 is 29.9 Å². The number of nitriles is 1. The van der Waals surface area contributed by atoms with E-state index in [0.717, 1.165) is 26.3 Å². The van der Waals surface area contributed by atoms with Crippen LogP contribution in [0.1, 0.15) is 31.9 Å². The molecule has 0 aliphatic carbocycles. The van der Waals surface area contributed by atoms with Crippen LogP contribution in [-0.4, -0.2) is 55.8 Å². The molecule has 150 valence electrons. The van der Waals surface area contributed by atoms with E-state index in [4.69, 9.17) is 10.00 Å². The first-order valence-corrected chi connectivity index (χ1v) is 9.00. The van der Waals surface area contributed by atoms with Gasteiger partial charge in [-0.25, -0.2) is 9.38 Å². The van der Waals surface area contributed by atoms with Crippen molar-refractivity contribution in [1.29, 1.82) is 5.26 Å². The highest BCUT2D eigenvalue weighted by molar-refractivity contribution is 14.0. The number of benzene rings is 1. The van der Waals surface area contributed by atoms with Gasteiger partial charge in [-0.3, -0.25) is 4.90 Å². The van der Waals surface area contributed by atoms with E-state index < -0.39 is 0 Å². The fourth-order valence-corrected chi connectivity index (χ4v) is 2.85. The Morgan fingerprint density at radius 2 is 2.04 bits per heavy atom. The van der Waals surface area contributed by atoms with Crippen molar-refractivity contribution in [1.82, 2.24) is 15.5 Å². The monoisotopic (exact) mass is 489 g/mol. The van der Waals surface area contributed by atoms with Crippen LogP contribution >= 0.6 is 24.0 Å². The molecule has 0 spiro atoms. The van der Waals surface area contributed by atoms with Gasteiger partial charge in [-0.15, -0.1) is 24.0 Å². The van der Waals surface area contributed by atoms with Gasteiger partial charge in [-0.05, 0) is 39.0 Å². The third kappa shape index (κ3) is 7.24. The van der Waals surface area contributed by atoms with Crippen molar-refractivity contribution in [2.75, 3.05) is 39.4 Å². The molecule has 0 unspecified atom stereocenters. The maximum absolute atomic E-state index is 13.9. The molecule has 6 nitrogen and oxygen atoms in total. The molecule has 8 heteroatoms. The largest absolute Gasteiger partial charge is 0.379 e. The minimum Gasteiger partial charge on any atom is -0.379 e. The topological polar surface area (TPSA) is 72.7 Å². The van der Waals surface area contributed by atoms with Gasteiger partial charge in [0.25, 0.3) is 0 Å². The second-order valence-corrected chi connectivity index (χ2v) is 6.88. The molecule has 1 saturated heterocycles. The highest BCUT2D eigenvalue weighted by atomic mass is 127. The summed E-state index contributed by atoms with van der Waals surface area (Å²) >= 11 is 0. The highest BCUT2D eigenvalue weighted by Crippen LogP contribution is 2.15. The first-order chi connectivity index (χ1) is 12.5. The summed E-state index contributed by atoms with van der Waals surface area (Å²) in [4.78, 5) is 6.86. The Kier molecular flexibility index (Phi) is 9.98. The molecule has 2 rings (SSSR count). The normalized spacial score (nSPS) is 15.6. The van der Waals surface area contributed by atoms with Crippen LogP contribution in [-0.2, 0) is 11.3 Å². The number of rotatable bonds is 6. The zero-order chi connectivity index (χ0) is 19.0. The summed E-state index contributed by atoms with van der Waals surface area (Å²) < 4.78 is 19.3. The highest BCUT2D eigenvalue weighted by Gasteiger charge is 2.28. The number of hydrogen-bond acceptors (Lipinski definition) is 4. The third-order valence-corrected chi connectivity index (χ3v) is 4.48. The van der Waals surface area contributed by atoms with Crippen molar-refractivity contribution in [2.45, 2.75) is 32.9 Å². The van der Waals surface area contributed by atoms with E-state index in [2.05, 4.69) is 34.4 Å². The van der Waals surface area contributed by atoms with Crippen molar-refractivity contribution < 1.29 is 9.13 Å². The first-order valence-electron chi connectivity index (χ1n) is 9.00. The Morgan fingerprint density at radius 3 is 2.67 bits per heavy atom. The van der Waals surface area contributed by atoms with E-state index in [1.54, 1.807) is 6.07 Å². The second-order valence-electron chi connectivity index (χ2n) is 6.88. The van der Waals surface area contributed by atoms with Gasteiger partial charge in [0.1, 0.15) is 5.82 Å². The van der Waals surface area contributed by atoms with Gasteiger partial charge in [-0.1, -0.05) is 0 Å². The lowest BCUT2D eigenvalue weighted by atomic mass is 10.0. The van der Waals surface area contributed by atoms with Crippen molar-refractivity contribution in [2.24, 2.45) is 4.99 Å². The van der Waals surface area contributed by atoms with E-state index in [1.807, 2.05) is 13.0 Å². The summed E-state index contributed by atoms with van der Waals surface area (Å²) in [6.07, 6.45) is 0. The molecule has 1 aromatic carbocycles. The molecule has 0 bridgehead atoms. The zero-order valence-electron chi connectivity index (χ0n) is 16.2. The van der Waals surface area contributed by atoms with Crippen LogP contribution in [0.5, 0.6) is 0 Å². The number of hydrogen-bond donors (Lipinski definition) is 2. The molecule has 1 fully saturated rings. The molecule has 1 heterocycles. The maximum atomic E-state index is 13.9. The Labute approximate surface area is 178 Å². The van der Waals surface area contributed by atoms with E-state index in [-0.39, 0.29) is 41.9 Å². The minimum absolute atomic E-state index is 0. The zero-order valence-corrected chi connectivity index (χ0v) is 18.5. The van der Waals surface area contributed by atoms with Crippen molar-refractivity contribution in [3.05, 3.63) is 35.1 Å². The summed E-state index contributed by atoms with van der Waals surface area (Å²) in [5.74, 6) is 0.285. The standard InChI is InChI=1S/C19H28FN5O.HI/c1-4-22-18(23-13-16-11-15(12-21)5-6-17(16)20)24-14-19(2,3)25-7-9-26-10-8-25;/h5-6,11H,4,7-10,13-14H2,1-3H3,(H2,22,23,24);1H. The molecule has 1 aliphatic rings. The number of halogens is 2. The second kappa shape index (κ2) is 11.4. The Morgan fingerprint density at radius 1 is 1.33 bits per heavy atom. The molecule has 2 N–H and O–H groups in total. The smallest absolute Gasteiger partial charge is 0.191 e. The Bertz CT molecular complexity index is 669. The molecule has 27 heavy (non-hydrogen) atoms. The summed E-state index contributed by atoms with van der Waals surface area (Å²) in [5.41, 5.74) is 0.795. The van der Waals surface area contributed by atoms with E-state index in [0.29, 0.717) is 30.2 Å². The predicted octanol–water partition coefficient (Wildman–Crippen LogP) is 2.48. The lowest BCUT2D eigenvalue weighted by Gasteiger charge is -2.41. The van der Waals surface area contributed by atoms with Crippen LogP contribution in [0, 0.1) is 17.1 Å². The maximum Gasteiger partial charge on any atom is 0.191 e. The summed E-state index contributed by atoms with van der Waals surface area (Å²) in [5, 5.41) is 15.5. The predicted molar refractivity (Wildman–Crippen MR) is 116 cm³/mol. The summed E-state index contributed by atoms with van der Waals surface area (Å²) in [6, 6.07) is 6.35. The number of morpholine rings is 1. The van der Waals surface area contributed by atoms with Crippen LogP contribution in [0.2, 0.25) is 0 Å². The average molecular weight is 489 g/mol. The lowest BCUT2D eigenvalue weighted by Crippen LogP contribution is -2.56. The average Bonchev–Trinajstić information content (AvgIpc) is 2.66. The van der Waals surface area contributed by atoms with Gasteiger partial charge in [0.15, 0.2) is 5.96 Å². The number of nitrogens with zero attached hydrogens (tertiary/aromatic N) is 3. The first kappa shape index (κ1) is 23.6. The number of nitrogens with one attached hydrogen (secondary N) is 2. The molecular weight excluding hydrogens is 460 g/mol. The number of aliphatic imine (C=N–C) groups is 1. The van der Waals surface area contributed by atoms with Crippen LogP contribution in [0.25, 0.3) is 0 Å². The van der Waals surface area contributed by atoms with Crippen molar-refractivity contribution in [3.8, 4) is 6.07 Å². The van der Waals surface area contributed by atoms with E-state index in [1.165, 1.54) is 12.1 Å². The van der Waals surface area contributed by atoms with Gasteiger partial charge < -0.3 is 15.4 Å². The molecular formula is C19H29FIN5O. The van der Waals surface area contributed by atoms with Crippen LogP contribution in [0.4, 0.5) is 4.39 Å². The quantitative estimate of drug-likeness (QED) is 0.365. The van der Waals surface area contributed by atoms with E-state index >= 15 is 0 Å². The number of ether oxygens (including phenoxy) is 1. The van der Waals surface area contributed by atoms with Crippen molar-refractivity contribution in [3.63, 3.8) is 0 Å². The molecule has 0 aromatic heterocycles. The fourth-order valence-electron chi connectivity index (χ4n) is 2.85. The molecule has 0 radical (unpaired) electrons. The van der Waals surface area contributed by atoms with Crippen LogP contribution in [0.3, 0.4) is 0 Å². The van der Waals surface area contributed by atoms with Gasteiger partial charge in [-0.2, -0.15) is 5.26 Å². The molecule has 0 atom stereocenters. The van der Waals surface area contributed by atoms with Gasteiger partial charge in [0, 0.05) is 37.3 Å². The van der Waals surface area contributed by atoms with Crippen LogP contribution in [0.15, 0.2) is 23.2 Å². The minimum atomic E-state index is -0.350. The SMILES string of the molecule is CCNC(=NCc1cc(C#N)ccc1F)NCC(C)(C)N1CCOCC1.I. The molecule has 0 saturated carbocycles. The van der Waals surface area contributed by atoms with Gasteiger partial charge >= 0.3 is 0 Å². The fraction of sp³-hybridized carbons (Fsp3) is 0.579. The Balaban J connectivity index is 0.00000364. The van der Waals surface area contributed by atoms with Gasteiger partial charge in [0.2, 0.25) is 0 Å². The van der Waals surface area contributed by atoms with Gasteiger partial charge in [0.05, 0.1) is 31.4 Å².